The zero-order valence-electron chi connectivity index (χ0n) is 22.3. The number of para-hydroxylation sites is 2. The smallest absolute Gasteiger partial charge is 0.260 e. The lowest BCUT2D eigenvalue weighted by atomic mass is 9.90. The number of rotatable bonds is 5. The Balaban J connectivity index is 1.58. The van der Waals surface area contributed by atoms with Crippen LogP contribution in [-0.2, 0) is 4.79 Å². The fourth-order valence-corrected chi connectivity index (χ4v) is 5.57. The van der Waals surface area contributed by atoms with Crippen LogP contribution in [0.3, 0.4) is 0 Å². The number of benzene rings is 2. The van der Waals surface area contributed by atoms with Gasteiger partial charge in [0.2, 0.25) is 0 Å². The number of carbonyl (C=O) groups excluding carboxylic acids is 2. The number of nitrogens with zero attached hydrogens (tertiary/aromatic N) is 2. The minimum Gasteiger partial charge on any atom is -0.487 e. The summed E-state index contributed by atoms with van der Waals surface area (Å²) in [5.74, 6) is 1.39. The highest BCUT2D eigenvalue weighted by atomic mass is 16.5. The van der Waals surface area contributed by atoms with Gasteiger partial charge in [-0.25, -0.2) is 0 Å². The van der Waals surface area contributed by atoms with Crippen LogP contribution in [0.2, 0.25) is 0 Å². The molecule has 200 valence electrons. The van der Waals surface area contributed by atoms with E-state index in [9.17, 15) is 9.59 Å². The van der Waals surface area contributed by atoms with Crippen molar-refractivity contribution in [2.75, 3.05) is 26.2 Å². The molecule has 2 aliphatic rings. The van der Waals surface area contributed by atoms with Crippen LogP contribution in [0, 0.1) is 0 Å². The van der Waals surface area contributed by atoms with Gasteiger partial charge in [-0.1, -0.05) is 62.9 Å². The molecule has 0 saturated heterocycles. The lowest BCUT2D eigenvalue weighted by Crippen LogP contribution is -2.52. The quantitative estimate of drug-likeness (QED) is 0.492. The first-order valence-corrected chi connectivity index (χ1v) is 14.2. The molecule has 1 aliphatic heterocycles. The maximum atomic E-state index is 13.6. The molecule has 0 unspecified atom stereocenters. The summed E-state index contributed by atoms with van der Waals surface area (Å²) in [6, 6.07) is 17.1. The average molecular weight is 507 g/mol. The molecule has 2 atom stereocenters. The Kier molecular flexibility index (Phi) is 10.3. The van der Waals surface area contributed by atoms with Crippen molar-refractivity contribution in [2.24, 2.45) is 0 Å². The lowest BCUT2D eigenvalue weighted by molar-refractivity contribution is -0.139. The number of hydrogen-bond donors (Lipinski definition) is 0. The van der Waals surface area contributed by atoms with Crippen molar-refractivity contribution in [1.82, 2.24) is 9.80 Å². The highest BCUT2D eigenvalue weighted by Gasteiger charge is 2.35. The Hall–Kier alpha value is -3.02. The van der Waals surface area contributed by atoms with Crippen LogP contribution in [0.1, 0.15) is 81.5 Å². The third kappa shape index (κ3) is 7.50. The van der Waals surface area contributed by atoms with Gasteiger partial charge >= 0.3 is 0 Å². The van der Waals surface area contributed by atoms with Crippen LogP contribution in [0.5, 0.6) is 11.5 Å². The van der Waals surface area contributed by atoms with Crippen LogP contribution in [0.15, 0.2) is 54.6 Å². The average Bonchev–Trinajstić information content (AvgIpc) is 2.93. The normalized spacial score (nSPS) is 21.6. The number of carbonyl (C=O) groups is 2. The van der Waals surface area contributed by atoms with E-state index >= 15 is 0 Å². The third-order valence-electron chi connectivity index (χ3n) is 7.50. The molecule has 0 radical (unpaired) electrons. The predicted octanol–water partition coefficient (Wildman–Crippen LogP) is 6.10. The van der Waals surface area contributed by atoms with Crippen molar-refractivity contribution in [3.05, 3.63) is 60.2 Å². The van der Waals surface area contributed by atoms with E-state index in [2.05, 4.69) is 6.92 Å². The highest BCUT2D eigenvalue weighted by molar-refractivity contribution is 5.97. The van der Waals surface area contributed by atoms with Gasteiger partial charge in [0.1, 0.15) is 17.6 Å². The molecule has 1 heterocycles. The van der Waals surface area contributed by atoms with Gasteiger partial charge < -0.3 is 19.3 Å². The molecule has 1 fully saturated rings. The molecule has 1 saturated carbocycles. The zero-order valence-corrected chi connectivity index (χ0v) is 22.3. The predicted molar refractivity (Wildman–Crippen MR) is 146 cm³/mol. The minimum atomic E-state index is -0.145. The van der Waals surface area contributed by atoms with Crippen LogP contribution < -0.4 is 9.47 Å². The minimum absolute atomic E-state index is 0.00662. The van der Waals surface area contributed by atoms with Gasteiger partial charge in [-0.15, -0.1) is 0 Å². The Morgan fingerprint density at radius 2 is 1.59 bits per heavy atom. The summed E-state index contributed by atoms with van der Waals surface area (Å²) in [6.07, 6.45) is 9.91. The Morgan fingerprint density at radius 3 is 2.41 bits per heavy atom. The number of amides is 2. The van der Waals surface area contributed by atoms with Gasteiger partial charge in [0.25, 0.3) is 11.8 Å². The van der Waals surface area contributed by atoms with Crippen molar-refractivity contribution in [3.8, 4) is 11.5 Å². The summed E-state index contributed by atoms with van der Waals surface area (Å²) in [5, 5.41) is 0. The van der Waals surface area contributed by atoms with Crippen molar-refractivity contribution in [3.63, 3.8) is 0 Å². The van der Waals surface area contributed by atoms with E-state index < -0.39 is 0 Å². The van der Waals surface area contributed by atoms with Crippen LogP contribution in [-0.4, -0.2) is 60.0 Å². The van der Waals surface area contributed by atoms with Gasteiger partial charge in [-0.3, -0.25) is 9.59 Å². The first-order valence-electron chi connectivity index (χ1n) is 14.2. The fourth-order valence-electron chi connectivity index (χ4n) is 5.57. The summed E-state index contributed by atoms with van der Waals surface area (Å²) in [5.41, 5.74) is 0.625. The second kappa shape index (κ2) is 14.1. The van der Waals surface area contributed by atoms with Crippen molar-refractivity contribution >= 4 is 11.8 Å². The molecule has 0 aromatic heterocycles. The van der Waals surface area contributed by atoms with Gasteiger partial charge in [0.15, 0.2) is 6.61 Å². The van der Waals surface area contributed by atoms with Gasteiger partial charge in [0, 0.05) is 19.6 Å². The van der Waals surface area contributed by atoms with E-state index in [1.54, 1.807) is 0 Å². The second-order valence-electron chi connectivity index (χ2n) is 10.3. The fraction of sp³-hybridized carbons (Fsp3) is 0.548. The molecule has 6 nitrogen and oxygen atoms in total. The van der Waals surface area contributed by atoms with Gasteiger partial charge in [0.05, 0.1) is 11.6 Å². The molecule has 2 aromatic carbocycles. The molecule has 37 heavy (non-hydrogen) atoms. The molecule has 0 bridgehead atoms. The largest absolute Gasteiger partial charge is 0.487 e. The van der Waals surface area contributed by atoms with E-state index in [0.717, 1.165) is 77.3 Å². The van der Waals surface area contributed by atoms with E-state index in [-0.39, 0.29) is 30.6 Å². The number of fused-ring (bicyclic) bond motifs is 2. The first-order chi connectivity index (χ1) is 18.2. The zero-order chi connectivity index (χ0) is 25.9. The second-order valence-corrected chi connectivity index (χ2v) is 10.3. The standard InChI is InChI=1S/C31H42N2O4/c1-2-21-32-22-13-4-3-5-14-23-33(30(34)24-36-25-15-7-6-8-16-25)27-18-10-12-20-29(27)37-28-19-11-9-17-26(28)31(32)35/h6-9,11,15-17,19,27,29H,2-5,10,12-14,18,20-24H2,1H3/t27-,29+/m1/s1. The Bertz CT molecular complexity index is 996. The summed E-state index contributed by atoms with van der Waals surface area (Å²) in [6.45, 7) is 4.38. The summed E-state index contributed by atoms with van der Waals surface area (Å²) in [7, 11) is 0. The maximum Gasteiger partial charge on any atom is 0.260 e. The molecular formula is C31H42N2O4. The molecule has 6 heteroatoms. The first kappa shape index (κ1) is 27.0. The molecule has 2 amide bonds. The van der Waals surface area contributed by atoms with Crippen molar-refractivity contribution < 1.29 is 19.1 Å². The van der Waals surface area contributed by atoms with E-state index in [0.29, 0.717) is 23.6 Å². The van der Waals surface area contributed by atoms with Gasteiger partial charge in [-0.2, -0.15) is 0 Å². The molecule has 0 spiro atoms. The van der Waals surface area contributed by atoms with Crippen LogP contribution >= 0.6 is 0 Å². The summed E-state index contributed by atoms with van der Waals surface area (Å²) < 4.78 is 12.5. The molecule has 0 N–H and O–H groups in total. The topological polar surface area (TPSA) is 59.1 Å². The van der Waals surface area contributed by atoms with Crippen molar-refractivity contribution in [2.45, 2.75) is 83.3 Å². The molecular weight excluding hydrogens is 464 g/mol. The Morgan fingerprint density at radius 1 is 0.892 bits per heavy atom. The lowest BCUT2D eigenvalue weighted by Gasteiger charge is -2.40. The van der Waals surface area contributed by atoms with Crippen LogP contribution in [0.25, 0.3) is 0 Å². The number of hydrogen-bond acceptors (Lipinski definition) is 4. The molecule has 4 rings (SSSR count). The van der Waals surface area contributed by atoms with Crippen LogP contribution in [0.4, 0.5) is 0 Å². The van der Waals surface area contributed by atoms with Crippen molar-refractivity contribution in [1.29, 1.82) is 0 Å². The van der Waals surface area contributed by atoms with E-state index in [4.69, 9.17) is 9.47 Å². The maximum absolute atomic E-state index is 13.6. The summed E-state index contributed by atoms with van der Waals surface area (Å²) in [4.78, 5) is 31.1. The Labute approximate surface area is 221 Å². The van der Waals surface area contributed by atoms with E-state index in [1.807, 2.05) is 64.4 Å². The monoisotopic (exact) mass is 506 g/mol. The molecule has 2 aromatic rings. The van der Waals surface area contributed by atoms with E-state index in [1.165, 1.54) is 0 Å². The molecule has 1 aliphatic carbocycles. The third-order valence-corrected chi connectivity index (χ3v) is 7.50. The SMILES string of the molecule is CCCN1CCCCCCCN(C(=O)COc2ccccc2)[C@@H]2CCCC[C@@H]2Oc2ccccc2C1=O. The highest BCUT2D eigenvalue weighted by Crippen LogP contribution is 2.31. The van der Waals surface area contributed by atoms with Gasteiger partial charge in [-0.05, 0) is 62.8 Å². The number of ether oxygens (including phenoxy) is 2. The summed E-state index contributed by atoms with van der Waals surface area (Å²) >= 11 is 0.